The molecule has 2 fully saturated rings. The largest absolute Gasteiger partial charge is 0.460 e. The Morgan fingerprint density at radius 2 is 1.91 bits per heavy atom. The summed E-state index contributed by atoms with van der Waals surface area (Å²) in [5.74, 6) is -0.110. The molecule has 0 bridgehead atoms. The van der Waals surface area contributed by atoms with Crippen LogP contribution in [0.2, 0.25) is 0 Å². The second-order valence-corrected chi connectivity index (χ2v) is 5.79. The van der Waals surface area contributed by atoms with Crippen LogP contribution in [0.1, 0.15) is 38.5 Å². The molecule has 1 saturated heterocycles. The minimum atomic E-state index is -0.362. The molecule has 1 aromatic heterocycles. The average Bonchev–Trinajstić information content (AvgIpc) is 2.97. The number of ether oxygens (including phenoxy) is 1. The highest BCUT2D eigenvalue weighted by Gasteiger charge is 2.30. The summed E-state index contributed by atoms with van der Waals surface area (Å²) in [5.41, 5.74) is 0. The van der Waals surface area contributed by atoms with E-state index in [1.165, 1.54) is 0 Å². The van der Waals surface area contributed by atoms with Crippen molar-refractivity contribution in [3.8, 4) is 6.01 Å². The smallest absolute Gasteiger partial charge is 0.316 e. The zero-order chi connectivity index (χ0) is 15.4. The van der Waals surface area contributed by atoms with Crippen LogP contribution in [-0.2, 0) is 9.59 Å². The molecule has 1 unspecified atom stereocenters. The second kappa shape index (κ2) is 6.72. The van der Waals surface area contributed by atoms with Crippen LogP contribution in [0.5, 0.6) is 6.01 Å². The molecule has 2 heterocycles. The van der Waals surface area contributed by atoms with E-state index in [9.17, 15) is 9.59 Å². The number of amides is 2. The van der Waals surface area contributed by atoms with Gasteiger partial charge in [-0.15, -0.1) is 0 Å². The highest BCUT2D eigenvalue weighted by molar-refractivity contribution is 5.90. The van der Waals surface area contributed by atoms with Crippen LogP contribution >= 0.6 is 0 Å². The van der Waals surface area contributed by atoms with E-state index in [4.69, 9.17) is 4.74 Å². The number of carbonyl (C=O) groups excluding carboxylic acids is 2. The van der Waals surface area contributed by atoms with Crippen LogP contribution < -0.4 is 15.4 Å². The molecule has 0 spiro atoms. The van der Waals surface area contributed by atoms with Crippen LogP contribution in [0.25, 0.3) is 0 Å². The van der Waals surface area contributed by atoms with Crippen molar-refractivity contribution in [3.05, 3.63) is 18.5 Å². The molecule has 0 aromatic carbocycles. The SMILES string of the molecule is O=C1CCC(C(=O)NC2CCC(Oc3ncccn3)CC2)N1. The van der Waals surface area contributed by atoms with Crippen molar-refractivity contribution in [2.45, 2.75) is 56.7 Å². The van der Waals surface area contributed by atoms with Crippen molar-refractivity contribution in [1.82, 2.24) is 20.6 Å². The highest BCUT2D eigenvalue weighted by atomic mass is 16.5. The molecular weight excluding hydrogens is 284 g/mol. The van der Waals surface area contributed by atoms with Gasteiger partial charge in [-0.05, 0) is 38.2 Å². The molecule has 1 aromatic rings. The number of rotatable bonds is 4. The Kier molecular flexibility index (Phi) is 4.50. The van der Waals surface area contributed by atoms with Crippen LogP contribution in [-0.4, -0.2) is 40.0 Å². The molecule has 1 saturated carbocycles. The van der Waals surface area contributed by atoms with E-state index in [-0.39, 0.29) is 30.0 Å². The Bertz CT molecular complexity index is 529. The molecule has 118 valence electrons. The average molecular weight is 304 g/mol. The molecule has 1 aliphatic heterocycles. The van der Waals surface area contributed by atoms with E-state index in [0.717, 1.165) is 25.7 Å². The van der Waals surface area contributed by atoms with Crippen molar-refractivity contribution < 1.29 is 14.3 Å². The van der Waals surface area contributed by atoms with Gasteiger partial charge in [0.1, 0.15) is 12.1 Å². The lowest BCUT2D eigenvalue weighted by Gasteiger charge is -2.29. The number of carbonyl (C=O) groups is 2. The van der Waals surface area contributed by atoms with Gasteiger partial charge >= 0.3 is 6.01 Å². The fourth-order valence-corrected chi connectivity index (χ4v) is 2.93. The molecule has 0 radical (unpaired) electrons. The fourth-order valence-electron chi connectivity index (χ4n) is 2.93. The Morgan fingerprint density at radius 1 is 1.18 bits per heavy atom. The molecule has 2 amide bonds. The summed E-state index contributed by atoms with van der Waals surface area (Å²) in [7, 11) is 0. The fraction of sp³-hybridized carbons (Fsp3) is 0.600. The van der Waals surface area contributed by atoms with Crippen molar-refractivity contribution in [2.75, 3.05) is 0 Å². The van der Waals surface area contributed by atoms with Gasteiger partial charge < -0.3 is 15.4 Å². The van der Waals surface area contributed by atoms with Crippen molar-refractivity contribution in [1.29, 1.82) is 0 Å². The standard InChI is InChI=1S/C15H20N4O3/c20-13-7-6-12(19-13)14(21)18-10-2-4-11(5-3-10)22-15-16-8-1-9-17-15/h1,8-12H,2-7H2,(H,18,21)(H,19,20). The summed E-state index contributed by atoms with van der Waals surface area (Å²) in [6.07, 6.45) is 7.90. The van der Waals surface area contributed by atoms with E-state index in [1.807, 2.05) is 0 Å². The van der Waals surface area contributed by atoms with Gasteiger partial charge in [0.2, 0.25) is 11.8 Å². The lowest BCUT2D eigenvalue weighted by molar-refractivity contribution is -0.126. The summed E-state index contributed by atoms with van der Waals surface area (Å²) in [4.78, 5) is 31.3. The molecule has 2 N–H and O–H groups in total. The lowest BCUT2D eigenvalue weighted by Crippen LogP contribution is -2.47. The first-order chi connectivity index (χ1) is 10.7. The van der Waals surface area contributed by atoms with Crippen LogP contribution in [0.3, 0.4) is 0 Å². The van der Waals surface area contributed by atoms with Gasteiger partial charge in [-0.25, -0.2) is 9.97 Å². The number of aromatic nitrogens is 2. The van der Waals surface area contributed by atoms with Crippen molar-refractivity contribution in [3.63, 3.8) is 0 Å². The maximum Gasteiger partial charge on any atom is 0.316 e. The van der Waals surface area contributed by atoms with Crippen molar-refractivity contribution in [2.24, 2.45) is 0 Å². The quantitative estimate of drug-likeness (QED) is 0.848. The normalized spacial score (nSPS) is 28.0. The van der Waals surface area contributed by atoms with Gasteiger partial charge in [-0.1, -0.05) is 0 Å². The number of hydrogen-bond donors (Lipinski definition) is 2. The predicted octanol–water partition coefficient (Wildman–Crippen LogP) is 0.561. The number of hydrogen-bond acceptors (Lipinski definition) is 5. The summed E-state index contributed by atoms with van der Waals surface area (Å²) < 4.78 is 5.73. The molecule has 1 atom stereocenters. The molecule has 1 aliphatic carbocycles. The molecule has 2 aliphatic rings. The van der Waals surface area contributed by atoms with E-state index < -0.39 is 0 Å². The van der Waals surface area contributed by atoms with E-state index in [2.05, 4.69) is 20.6 Å². The summed E-state index contributed by atoms with van der Waals surface area (Å²) in [6.45, 7) is 0. The van der Waals surface area contributed by atoms with Crippen LogP contribution in [0, 0.1) is 0 Å². The second-order valence-electron chi connectivity index (χ2n) is 5.79. The van der Waals surface area contributed by atoms with Crippen LogP contribution in [0.15, 0.2) is 18.5 Å². The maximum absolute atomic E-state index is 12.1. The minimum Gasteiger partial charge on any atom is -0.460 e. The molecule has 7 nitrogen and oxygen atoms in total. The summed E-state index contributed by atoms with van der Waals surface area (Å²) >= 11 is 0. The Morgan fingerprint density at radius 3 is 2.55 bits per heavy atom. The number of nitrogens with zero attached hydrogens (tertiary/aromatic N) is 2. The molecule has 22 heavy (non-hydrogen) atoms. The van der Waals surface area contributed by atoms with E-state index in [0.29, 0.717) is 18.9 Å². The maximum atomic E-state index is 12.1. The zero-order valence-corrected chi connectivity index (χ0v) is 12.3. The minimum absolute atomic E-state index is 0.0416. The monoisotopic (exact) mass is 304 g/mol. The third-order valence-corrected chi connectivity index (χ3v) is 4.15. The molecule has 3 rings (SSSR count). The molecular formula is C15H20N4O3. The Balaban J connectivity index is 1.42. The van der Waals surface area contributed by atoms with E-state index in [1.54, 1.807) is 18.5 Å². The van der Waals surface area contributed by atoms with Crippen LogP contribution in [0.4, 0.5) is 0 Å². The zero-order valence-electron chi connectivity index (χ0n) is 12.3. The van der Waals surface area contributed by atoms with Gasteiger partial charge in [-0.3, -0.25) is 9.59 Å². The van der Waals surface area contributed by atoms with Gasteiger partial charge in [0.15, 0.2) is 0 Å². The van der Waals surface area contributed by atoms with Gasteiger partial charge in [0, 0.05) is 24.9 Å². The first kappa shape index (κ1) is 14.7. The number of nitrogens with one attached hydrogen (secondary N) is 2. The van der Waals surface area contributed by atoms with Gasteiger partial charge in [-0.2, -0.15) is 0 Å². The topological polar surface area (TPSA) is 93.2 Å². The highest BCUT2D eigenvalue weighted by Crippen LogP contribution is 2.22. The molecule has 7 heteroatoms. The third kappa shape index (κ3) is 3.72. The first-order valence-electron chi connectivity index (χ1n) is 7.74. The lowest BCUT2D eigenvalue weighted by atomic mass is 9.92. The van der Waals surface area contributed by atoms with Gasteiger partial charge in [0.05, 0.1) is 0 Å². The van der Waals surface area contributed by atoms with E-state index >= 15 is 0 Å². The Hall–Kier alpha value is -2.18. The summed E-state index contributed by atoms with van der Waals surface area (Å²) in [6, 6.07) is 1.95. The predicted molar refractivity (Wildman–Crippen MR) is 78.0 cm³/mol. The first-order valence-corrected chi connectivity index (χ1v) is 7.74. The Labute approximate surface area is 128 Å². The van der Waals surface area contributed by atoms with Crippen molar-refractivity contribution >= 4 is 11.8 Å². The third-order valence-electron chi connectivity index (χ3n) is 4.15. The summed E-state index contributed by atoms with van der Waals surface area (Å²) in [5, 5.41) is 5.72. The van der Waals surface area contributed by atoms with Gasteiger partial charge in [0.25, 0.3) is 0 Å².